The number of aromatic amines is 1. The lowest BCUT2D eigenvalue weighted by Crippen LogP contribution is -2.59. The second kappa shape index (κ2) is 13.5. The summed E-state index contributed by atoms with van der Waals surface area (Å²) in [6.45, 7) is 6.59. The number of hydrogen-bond acceptors (Lipinski definition) is 10. The number of ether oxygens (including phenoxy) is 2. The molecule has 3 aromatic rings. The Morgan fingerprint density at radius 2 is 1.82 bits per heavy atom. The largest absolute Gasteiger partial charge is 0.479 e. The van der Waals surface area contributed by atoms with Gasteiger partial charge in [-0.3, -0.25) is 9.69 Å². The third-order valence-corrected chi connectivity index (χ3v) is 8.11. The Balaban J connectivity index is 0.000000279. The number of nitrogens with one attached hydrogen (secondary N) is 2. The standard InChI is InChI=1S/C24H27FN4O2.C6H10O7.H2/c1-16-24(30)27-21-5-2-6-22(23(21)31-16)29-12-10-28(11-13-29)9-3-4-17-15-26-20-8-7-18(25)14-19(17)20;7-1-2(8)4(5(10)11)13-6(12)3(1)9;/h2,5-8,14-16,26H,3-4,9-13H2,1H3,(H,27,30);1-4,6-9,12H,(H,10,11);1H/t;1-,2-,3+,4-,6+;/m.0./s1. The van der Waals surface area contributed by atoms with Gasteiger partial charge in [0.15, 0.2) is 24.2 Å². The van der Waals surface area contributed by atoms with Crippen molar-refractivity contribution in [1.82, 2.24) is 9.88 Å². The van der Waals surface area contributed by atoms with E-state index >= 15 is 0 Å². The van der Waals surface area contributed by atoms with Gasteiger partial charge in [0.25, 0.3) is 5.91 Å². The number of H-pyrrole nitrogens is 1. The van der Waals surface area contributed by atoms with E-state index in [0.717, 1.165) is 73.6 Å². The molecule has 2 aromatic carbocycles. The van der Waals surface area contributed by atoms with Gasteiger partial charge in [-0.15, -0.1) is 0 Å². The Morgan fingerprint density at radius 3 is 2.55 bits per heavy atom. The van der Waals surface area contributed by atoms with Gasteiger partial charge >= 0.3 is 5.97 Å². The molecule has 3 aliphatic rings. The van der Waals surface area contributed by atoms with Gasteiger partial charge in [0.1, 0.15) is 24.1 Å². The molecule has 0 spiro atoms. The second-order valence-corrected chi connectivity index (χ2v) is 11.1. The first kappa shape index (κ1) is 31.6. The molecule has 0 aliphatic carbocycles. The quantitative estimate of drug-likeness (QED) is 0.208. The van der Waals surface area contributed by atoms with Crippen molar-refractivity contribution >= 4 is 34.2 Å². The van der Waals surface area contributed by atoms with E-state index in [0.29, 0.717) is 0 Å². The zero-order valence-corrected chi connectivity index (χ0v) is 24.1. The maximum atomic E-state index is 13.6. The second-order valence-electron chi connectivity index (χ2n) is 11.1. The maximum absolute atomic E-state index is 13.6. The summed E-state index contributed by atoms with van der Waals surface area (Å²) >= 11 is 0. The van der Waals surface area contributed by atoms with Crippen LogP contribution in [0, 0.1) is 5.82 Å². The first-order chi connectivity index (χ1) is 21.0. The number of carbonyl (C=O) groups excluding carboxylic acids is 1. The van der Waals surface area contributed by atoms with Crippen LogP contribution in [-0.4, -0.2) is 117 Å². The van der Waals surface area contributed by atoms with Gasteiger partial charge in [-0.25, -0.2) is 9.18 Å². The van der Waals surface area contributed by atoms with Crippen LogP contribution in [0.1, 0.15) is 20.3 Å². The van der Waals surface area contributed by atoms with E-state index in [9.17, 15) is 14.0 Å². The highest BCUT2D eigenvalue weighted by Gasteiger charge is 2.46. The van der Waals surface area contributed by atoms with Crippen molar-refractivity contribution in [1.29, 1.82) is 0 Å². The van der Waals surface area contributed by atoms with Crippen LogP contribution in [0.4, 0.5) is 15.8 Å². The number of para-hydroxylation sites is 1. The average molecular weight is 619 g/mol. The molecule has 0 saturated carbocycles. The number of carboxylic acid groups (broad SMARTS) is 1. The number of rotatable bonds is 6. The minimum absolute atomic E-state index is 0. The number of nitrogens with zero attached hydrogens (tertiary/aromatic N) is 2. The fourth-order valence-electron chi connectivity index (χ4n) is 5.59. The Hall–Kier alpha value is -3.79. The molecule has 0 radical (unpaired) electrons. The highest BCUT2D eigenvalue weighted by molar-refractivity contribution is 5.99. The average Bonchev–Trinajstić information content (AvgIpc) is 3.40. The van der Waals surface area contributed by atoms with E-state index < -0.39 is 42.8 Å². The number of aromatic nitrogens is 1. The topological polar surface area (TPSA) is 188 Å². The molecule has 1 aromatic heterocycles. The van der Waals surface area contributed by atoms with E-state index in [-0.39, 0.29) is 13.2 Å². The summed E-state index contributed by atoms with van der Waals surface area (Å²) in [7, 11) is 0. The van der Waals surface area contributed by atoms with E-state index in [4.69, 9.17) is 30.3 Å². The molecule has 2 fully saturated rings. The number of aliphatic hydroxyl groups is 4. The fourth-order valence-corrected chi connectivity index (χ4v) is 5.59. The molecule has 14 heteroatoms. The smallest absolute Gasteiger partial charge is 0.335 e. The number of amides is 1. The molecule has 6 atom stereocenters. The molecule has 44 heavy (non-hydrogen) atoms. The molecule has 2 saturated heterocycles. The van der Waals surface area contributed by atoms with Crippen LogP contribution < -0.4 is 15.0 Å². The summed E-state index contributed by atoms with van der Waals surface area (Å²) in [6, 6.07) is 10.8. The molecule has 4 heterocycles. The number of benzene rings is 2. The summed E-state index contributed by atoms with van der Waals surface area (Å²) in [5, 5.41) is 48.3. The van der Waals surface area contributed by atoms with Gasteiger partial charge in [0.2, 0.25) is 0 Å². The molecule has 7 N–H and O–H groups in total. The van der Waals surface area contributed by atoms with E-state index in [1.54, 1.807) is 19.1 Å². The van der Waals surface area contributed by atoms with E-state index in [1.807, 2.05) is 18.3 Å². The number of piperazine rings is 1. The van der Waals surface area contributed by atoms with Gasteiger partial charge < -0.3 is 50.2 Å². The number of halogens is 1. The number of aryl methyl sites for hydroxylation is 1. The number of aliphatic hydroxyl groups excluding tert-OH is 4. The van der Waals surface area contributed by atoms with Crippen molar-refractivity contribution in [2.24, 2.45) is 0 Å². The molecule has 13 nitrogen and oxygen atoms in total. The number of fused-ring (bicyclic) bond motifs is 2. The summed E-state index contributed by atoms with van der Waals surface area (Å²) < 4.78 is 23.8. The zero-order chi connectivity index (χ0) is 31.5. The van der Waals surface area contributed by atoms with Crippen molar-refractivity contribution in [3.8, 4) is 5.75 Å². The van der Waals surface area contributed by atoms with E-state index in [2.05, 4.69) is 30.9 Å². The van der Waals surface area contributed by atoms with Crippen LogP contribution in [-0.2, 0) is 20.7 Å². The lowest BCUT2D eigenvalue weighted by atomic mass is 9.99. The molecule has 0 bridgehead atoms. The van der Waals surface area contributed by atoms with Gasteiger partial charge in [-0.2, -0.15) is 0 Å². The third-order valence-electron chi connectivity index (χ3n) is 8.11. The van der Waals surface area contributed by atoms with Crippen molar-refractivity contribution in [3.63, 3.8) is 0 Å². The highest BCUT2D eigenvalue weighted by atomic mass is 19.1. The van der Waals surface area contributed by atoms with Crippen molar-refractivity contribution in [2.45, 2.75) is 56.6 Å². The zero-order valence-electron chi connectivity index (χ0n) is 24.1. The third kappa shape index (κ3) is 6.80. The Bertz CT molecular complexity index is 1480. The van der Waals surface area contributed by atoms with Crippen molar-refractivity contribution < 1.29 is 50.4 Å². The lowest BCUT2D eigenvalue weighted by Gasteiger charge is -2.38. The molecule has 1 unspecified atom stereocenters. The predicted molar refractivity (Wildman–Crippen MR) is 159 cm³/mol. The number of anilines is 2. The van der Waals surface area contributed by atoms with Crippen molar-refractivity contribution in [2.75, 3.05) is 42.9 Å². The number of carboxylic acids is 1. The van der Waals surface area contributed by atoms with Gasteiger partial charge in [-0.1, -0.05) is 6.07 Å². The maximum Gasteiger partial charge on any atom is 0.335 e. The van der Waals surface area contributed by atoms with Crippen LogP contribution >= 0.6 is 0 Å². The van der Waals surface area contributed by atoms with Crippen LogP contribution in [0.2, 0.25) is 0 Å². The molecule has 6 rings (SSSR count). The molecular weight excluding hydrogens is 579 g/mol. The Labute approximate surface area is 253 Å². The fraction of sp³-hybridized carbons (Fsp3) is 0.467. The summed E-state index contributed by atoms with van der Waals surface area (Å²) in [5.74, 6) is -1.04. The van der Waals surface area contributed by atoms with Crippen LogP contribution in [0.3, 0.4) is 0 Å². The van der Waals surface area contributed by atoms with Gasteiger partial charge in [0, 0.05) is 44.7 Å². The number of carbonyl (C=O) groups is 2. The lowest BCUT2D eigenvalue weighted by molar-refractivity contribution is -0.279. The number of hydrogen-bond donors (Lipinski definition) is 7. The summed E-state index contributed by atoms with van der Waals surface area (Å²) in [5.41, 5.74) is 3.96. The van der Waals surface area contributed by atoms with E-state index in [1.165, 1.54) is 11.6 Å². The molecule has 3 aliphatic heterocycles. The minimum atomic E-state index is -1.81. The molecule has 1 amide bonds. The van der Waals surface area contributed by atoms with Gasteiger partial charge in [0.05, 0.1) is 11.4 Å². The molecule has 240 valence electrons. The summed E-state index contributed by atoms with van der Waals surface area (Å²) in [4.78, 5) is 30.3. The molecular formula is C30H39FN4O9. The highest BCUT2D eigenvalue weighted by Crippen LogP contribution is 2.39. The first-order valence-corrected chi connectivity index (χ1v) is 14.5. The number of aliphatic carboxylic acids is 1. The summed E-state index contributed by atoms with van der Waals surface area (Å²) in [6.07, 6.45) is -5.23. The first-order valence-electron chi connectivity index (χ1n) is 14.5. The monoisotopic (exact) mass is 618 g/mol. The predicted octanol–water partition coefficient (Wildman–Crippen LogP) is 0.898. The Kier molecular flexibility index (Phi) is 9.68. The van der Waals surface area contributed by atoms with Crippen molar-refractivity contribution in [3.05, 3.63) is 54.0 Å². The minimum Gasteiger partial charge on any atom is -0.479 e. The SMILES string of the molecule is CC1Oc2c(cccc2N2CCN(CCCc3c[nH]c4ccc(F)cc34)CC2)NC1=O.O=C(O)[C@H]1O[C@@H](O)[C@H](O)[C@@H](O)[C@@H]1O.[HH]. The van der Waals surface area contributed by atoms with Gasteiger partial charge in [-0.05, 0) is 62.2 Å². The normalized spacial score (nSPS) is 27.1. The van der Waals surface area contributed by atoms with Crippen LogP contribution in [0.25, 0.3) is 10.9 Å². The Morgan fingerprint density at radius 1 is 1.07 bits per heavy atom. The van der Waals surface area contributed by atoms with Crippen LogP contribution in [0.15, 0.2) is 42.6 Å². The van der Waals surface area contributed by atoms with Crippen LogP contribution in [0.5, 0.6) is 5.75 Å².